The van der Waals surface area contributed by atoms with Gasteiger partial charge >= 0.3 is 0 Å². The average Bonchev–Trinajstić information content (AvgIpc) is 2.64. The second kappa shape index (κ2) is 4.44. The van der Waals surface area contributed by atoms with Crippen LogP contribution in [-0.2, 0) is 5.88 Å². The molecule has 1 atom stereocenters. The average molecular weight is 224 g/mol. The molecule has 2 rings (SSSR count). The zero-order valence-corrected chi connectivity index (χ0v) is 10.2. The number of rotatable bonds is 2. The smallest absolute Gasteiger partial charge is 0.0494 e. The van der Waals surface area contributed by atoms with Gasteiger partial charge in [-0.05, 0) is 38.3 Å². The van der Waals surface area contributed by atoms with E-state index in [-0.39, 0.29) is 0 Å². The van der Waals surface area contributed by atoms with E-state index in [1.165, 1.54) is 36.2 Å². The molecule has 1 aromatic rings. The van der Waals surface area contributed by atoms with Crippen molar-refractivity contribution < 1.29 is 0 Å². The highest BCUT2D eigenvalue weighted by atomic mass is 35.5. The minimum atomic E-state index is 0.611. The van der Waals surface area contributed by atoms with Crippen molar-refractivity contribution in [1.82, 2.24) is 0 Å². The fourth-order valence-corrected chi connectivity index (χ4v) is 2.61. The van der Waals surface area contributed by atoms with Gasteiger partial charge in [-0.1, -0.05) is 17.7 Å². The van der Waals surface area contributed by atoms with E-state index in [2.05, 4.69) is 36.9 Å². The van der Waals surface area contributed by atoms with Crippen LogP contribution in [-0.4, -0.2) is 12.6 Å². The van der Waals surface area contributed by atoms with Gasteiger partial charge in [-0.15, -0.1) is 11.6 Å². The van der Waals surface area contributed by atoms with E-state index in [0.29, 0.717) is 11.9 Å². The van der Waals surface area contributed by atoms with Crippen molar-refractivity contribution >= 4 is 17.3 Å². The summed E-state index contributed by atoms with van der Waals surface area (Å²) < 4.78 is 0. The maximum atomic E-state index is 6.00. The lowest BCUT2D eigenvalue weighted by Crippen LogP contribution is -2.27. The highest BCUT2D eigenvalue weighted by molar-refractivity contribution is 6.17. The fraction of sp³-hybridized carbons (Fsp3) is 0.538. The summed E-state index contributed by atoms with van der Waals surface area (Å²) in [6.07, 6.45) is 2.60. The molecule has 0 N–H and O–H groups in total. The first-order chi connectivity index (χ1) is 7.22. The van der Waals surface area contributed by atoms with Gasteiger partial charge in [0.2, 0.25) is 0 Å². The third kappa shape index (κ3) is 2.12. The Labute approximate surface area is 97.0 Å². The summed E-state index contributed by atoms with van der Waals surface area (Å²) in [7, 11) is 0. The molecule has 0 saturated carbocycles. The molecule has 1 aliphatic heterocycles. The van der Waals surface area contributed by atoms with Gasteiger partial charge in [-0.2, -0.15) is 0 Å². The highest BCUT2D eigenvalue weighted by Crippen LogP contribution is 2.30. The van der Waals surface area contributed by atoms with Crippen LogP contribution in [0.15, 0.2) is 18.2 Å². The van der Waals surface area contributed by atoms with E-state index in [0.717, 1.165) is 0 Å². The topological polar surface area (TPSA) is 3.24 Å². The second-order valence-corrected chi connectivity index (χ2v) is 4.72. The van der Waals surface area contributed by atoms with Crippen LogP contribution in [0.5, 0.6) is 0 Å². The Hall–Kier alpha value is -0.690. The minimum absolute atomic E-state index is 0.611. The van der Waals surface area contributed by atoms with Crippen LogP contribution in [0.1, 0.15) is 30.9 Å². The van der Waals surface area contributed by atoms with E-state index < -0.39 is 0 Å². The zero-order valence-electron chi connectivity index (χ0n) is 9.46. The van der Waals surface area contributed by atoms with Gasteiger partial charge in [0, 0.05) is 24.2 Å². The second-order valence-electron chi connectivity index (χ2n) is 4.45. The molecule has 15 heavy (non-hydrogen) atoms. The lowest BCUT2D eigenvalue weighted by atomic mass is 10.1. The number of aryl methyl sites for hydroxylation is 1. The Balaban J connectivity index is 2.34. The van der Waals surface area contributed by atoms with E-state index in [1.807, 2.05) is 0 Å². The summed E-state index contributed by atoms with van der Waals surface area (Å²) >= 11 is 6.00. The molecule has 1 unspecified atom stereocenters. The predicted octanol–water partition coefficient (Wildman–Crippen LogP) is 3.72. The molecule has 1 saturated heterocycles. The SMILES string of the molecule is Cc1ccc(N2CCCC2C)c(CCl)c1. The van der Waals surface area contributed by atoms with E-state index >= 15 is 0 Å². The molecule has 2 heteroatoms. The van der Waals surface area contributed by atoms with Gasteiger partial charge in [-0.25, -0.2) is 0 Å². The molecule has 0 radical (unpaired) electrons. The summed E-state index contributed by atoms with van der Waals surface area (Å²) in [5.74, 6) is 0.611. The van der Waals surface area contributed by atoms with Crippen molar-refractivity contribution in [2.24, 2.45) is 0 Å². The zero-order chi connectivity index (χ0) is 10.8. The van der Waals surface area contributed by atoms with Crippen molar-refractivity contribution in [3.05, 3.63) is 29.3 Å². The van der Waals surface area contributed by atoms with E-state index in [9.17, 15) is 0 Å². The first-order valence-corrected chi connectivity index (χ1v) is 6.18. The molecule has 0 spiro atoms. The fourth-order valence-electron chi connectivity index (χ4n) is 2.39. The number of hydrogen-bond acceptors (Lipinski definition) is 1. The van der Waals surface area contributed by atoms with Crippen LogP contribution in [0, 0.1) is 6.92 Å². The molecule has 0 bridgehead atoms. The molecule has 0 amide bonds. The summed E-state index contributed by atoms with van der Waals surface area (Å²) in [6.45, 7) is 5.59. The van der Waals surface area contributed by atoms with Gasteiger partial charge < -0.3 is 4.90 Å². The third-order valence-electron chi connectivity index (χ3n) is 3.24. The monoisotopic (exact) mass is 223 g/mol. The molecule has 0 aliphatic carbocycles. The number of nitrogens with zero attached hydrogens (tertiary/aromatic N) is 1. The van der Waals surface area contributed by atoms with Gasteiger partial charge in [0.05, 0.1) is 0 Å². The van der Waals surface area contributed by atoms with Crippen molar-refractivity contribution in [2.75, 3.05) is 11.4 Å². The molecular weight excluding hydrogens is 206 g/mol. The minimum Gasteiger partial charge on any atom is -0.369 e. The van der Waals surface area contributed by atoms with E-state index in [4.69, 9.17) is 11.6 Å². The van der Waals surface area contributed by atoms with Crippen molar-refractivity contribution in [3.8, 4) is 0 Å². The number of alkyl halides is 1. The molecule has 1 heterocycles. The van der Waals surface area contributed by atoms with Gasteiger partial charge in [-0.3, -0.25) is 0 Å². The van der Waals surface area contributed by atoms with Crippen molar-refractivity contribution in [2.45, 2.75) is 38.6 Å². The maximum Gasteiger partial charge on any atom is 0.0494 e. The van der Waals surface area contributed by atoms with Crippen LogP contribution < -0.4 is 4.90 Å². The van der Waals surface area contributed by atoms with Crippen molar-refractivity contribution in [1.29, 1.82) is 0 Å². The summed E-state index contributed by atoms with van der Waals surface area (Å²) in [6, 6.07) is 7.26. The number of benzene rings is 1. The Morgan fingerprint density at radius 3 is 2.87 bits per heavy atom. The van der Waals surface area contributed by atoms with Crippen LogP contribution >= 0.6 is 11.6 Å². The van der Waals surface area contributed by atoms with Gasteiger partial charge in [0.25, 0.3) is 0 Å². The lowest BCUT2D eigenvalue weighted by Gasteiger charge is -2.26. The van der Waals surface area contributed by atoms with Crippen LogP contribution in [0.4, 0.5) is 5.69 Å². The Morgan fingerprint density at radius 2 is 2.27 bits per heavy atom. The molecule has 0 aromatic heterocycles. The summed E-state index contributed by atoms with van der Waals surface area (Å²) in [5, 5.41) is 0. The first kappa shape index (κ1) is 10.8. The summed E-state index contributed by atoms with van der Waals surface area (Å²) in [4.78, 5) is 2.48. The molecule has 1 nitrogen and oxygen atoms in total. The Bertz CT molecular complexity index is 348. The summed E-state index contributed by atoms with van der Waals surface area (Å²) in [5.41, 5.74) is 3.90. The molecule has 1 fully saturated rings. The highest BCUT2D eigenvalue weighted by Gasteiger charge is 2.22. The standard InChI is InChI=1S/C13H18ClN/c1-10-5-6-13(12(8-10)9-14)15-7-3-4-11(15)2/h5-6,8,11H,3-4,7,9H2,1-2H3. The molecule has 1 aromatic carbocycles. The largest absolute Gasteiger partial charge is 0.369 e. The van der Waals surface area contributed by atoms with Crippen LogP contribution in [0.2, 0.25) is 0 Å². The number of anilines is 1. The Morgan fingerprint density at radius 1 is 1.47 bits per heavy atom. The normalized spacial score (nSPS) is 21.0. The molecular formula is C13H18ClN. The molecule has 1 aliphatic rings. The van der Waals surface area contributed by atoms with Gasteiger partial charge in [0.15, 0.2) is 0 Å². The Kier molecular flexibility index (Phi) is 3.20. The third-order valence-corrected chi connectivity index (χ3v) is 3.53. The van der Waals surface area contributed by atoms with Crippen molar-refractivity contribution in [3.63, 3.8) is 0 Å². The predicted molar refractivity (Wildman–Crippen MR) is 66.8 cm³/mol. The molecule has 82 valence electrons. The number of halogens is 1. The van der Waals surface area contributed by atoms with Crippen LogP contribution in [0.25, 0.3) is 0 Å². The van der Waals surface area contributed by atoms with Gasteiger partial charge in [0.1, 0.15) is 0 Å². The maximum absolute atomic E-state index is 6.00. The quantitative estimate of drug-likeness (QED) is 0.691. The van der Waals surface area contributed by atoms with Crippen LogP contribution in [0.3, 0.4) is 0 Å². The van der Waals surface area contributed by atoms with E-state index in [1.54, 1.807) is 0 Å². The number of hydrogen-bond donors (Lipinski definition) is 0. The first-order valence-electron chi connectivity index (χ1n) is 5.64. The lowest BCUT2D eigenvalue weighted by molar-refractivity contribution is 0.733.